The van der Waals surface area contributed by atoms with Gasteiger partial charge in [0.15, 0.2) is 11.2 Å². The normalized spacial score (nSPS) is 11.8. The third-order valence-electron chi connectivity index (χ3n) is 9.77. The SMILES string of the molecule is c1ccc(-c2ccc(-c3c4ccccc4c(-c4cccc5c4oc4c5ccc5c(-c6ccccc6)coc54)c4ccccc34)cc2)cc1. The van der Waals surface area contributed by atoms with Crippen molar-refractivity contribution in [2.75, 3.05) is 0 Å². The van der Waals surface area contributed by atoms with Crippen molar-refractivity contribution in [3.05, 3.63) is 170 Å². The number of fused-ring (bicyclic) bond motifs is 7. The fourth-order valence-electron chi connectivity index (χ4n) is 7.58. The number of benzene rings is 8. The predicted molar refractivity (Wildman–Crippen MR) is 200 cm³/mol. The van der Waals surface area contributed by atoms with Crippen LogP contribution in [-0.2, 0) is 0 Å². The molecule has 0 unspecified atom stereocenters. The van der Waals surface area contributed by atoms with Crippen LogP contribution >= 0.6 is 0 Å². The Hall–Kier alpha value is -6.38. The molecule has 0 aliphatic rings. The zero-order chi connectivity index (χ0) is 31.6. The van der Waals surface area contributed by atoms with Crippen LogP contribution in [0.1, 0.15) is 0 Å². The molecular weight excluding hydrogens is 585 g/mol. The Morgan fingerprint density at radius 1 is 0.271 bits per heavy atom. The molecule has 0 spiro atoms. The maximum absolute atomic E-state index is 6.87. The van der Waals surface area contributed by atoms with Gasteiger partial charge < -0.3 is 8.83 Å². The van der Waals surface area contributed by atoms with Gasteiger partial charge in [0.2, 0.25) is 0 Å². The van der Waals surface area contributed by atoms with Crippen LogP contribution in [-0.4, -0.2) is 0 Å². The van der Waals surface area contributed by atoms with Gasteiger partial charge in [-0.2, -0.15) is 0 Å². The van der Waals surface area contributed by atoms with Gasteiger partial charge in [0, 0.05) is 32.8 Å². The average molecular weight is 613 g/mol. The van der Waals surface area contributed by atoms with Gasteiger partial charge in [0.05, 0.1) is 6.26 Å². The predicted octanol–water partition coefficient (Wildman–Crippen LogP) is 13.3. The Kier molecular flexibility index (Phi) is 5.91. The first-order chi connectivity index (χ1) is 23.8. The van der Waals surface area contributed by atoms with Gasteiger partial charge in [0.1, 0.15) is 5.58 Å². The summed E-state index contributed by atoms with van der Waals surface area (Å²) in [6.45, 7) is 0. The number of rotatable bonds is 4. The summed E-state index contributed by atoms with van der Waals surface area (Å²) >= 11 is 0. The Morgan fingerprint density at radius 2 is 0.771 bits per heavy atom. The van der Waals surface area contributed by atoms with Crippen LogP contribution in [0.2, 0.25) is 0 Å². The molecule has 10 aromatic rings. The lowest BCUT2D eigenvalue weighted by molar-refractivity contribution is 0.601. The number of hydrogen-bond acceptors (Lipinski definition) is 2. The van der Waals surface area contributed by atoms with Gasteiger partial charge in [-0.05, 0) is 61.5 Å². The second kappa shape index (κ2) is 10.6. The molecule has 0 amide bonds. The maximum Gasteiger partial charge on any atom is 0.178 e. The minimum atomic E-state index is 0.775. The zero-order valence-corrected chi connectivity index (χ0v) is 26.0. The van der Waals surface area contributed by atoms with E-state index in [1.165, 1.54) is 49.4 Å². The van der Waals surface area contributed by atoms with Crippen LogP contribution in [0.3, 0.4) is 0 Å². The van der Waals surface area contributed by atoms with Crippen molar-refractivity contribution < 1.29 is 8.83 Å². The zero-order valence-electron chi connectivity index (χ0n) is 26.0. The van der Waals surface area contributed by atoms with Crippen LogP contribution in [0.15, 0.2) is 179 Å². The monoisotopic (exact) mass is 612 g/mol. The molecule has 0 saturated carbocycles. The van der Waals surface area contributed by atoms with Crippen molar-refractivity contribution in [1.29, 1.82) is 0 Å². The van der Waals surface area contributed by atoms with Gasteiger partial charge in [0.25, 0.3) is 0 Å². The van der Waals surface area contributed by atoms with E-state index in [1.807, 2.05) is 12.3 Å². The van der Waals surface area contributed by atoms with E-state index in [9.17, 15) is 0 Å². The molecule has 0 atom stereocenters. The first-order valence-corrected chi connectivity index (χ1v) is 16.3. The van der Waals surface area contributed by atoms with Crippen molar-refractivity contribution in [1.82, 2.24) is 0 Å². The standard InChI is InChI=1S/C46H28O2/c1-3-12-29(13-4-1)30-22-24-32(25-23-30)42-33-16-7-9-18-35(33)43(36-19-10-8-17-34(36)42)40-21-11-20-37-38-26-27-39-41(31-14-5-2-6-15-31)28-47-45(39)46(38)48-44(37)40/h1-28H. The highest BCUT2D eigenvalue weighted by atomic mass is 16.4. The molecular formula is C46H28O2. The first-order valence-electron chi connectivity index (χ1n) is 16.3. The summed E-state index contributed by atoms with van der Waals surface area (Å²) < 4.78 is 13.1. The third kappa shape index (κ3) is 4.00. The second-order valence-electron chi connectivity index (χ2n) is 12.4. The average Bonchev–Trinajstić information content (AvgIpc) is 3.77. The van der Waals surface area contributed by atoms with E-state index in [0.29, 0.717) is 0 Å². The molecule has 2 nitrogen and oxygen atoms in total. The topological polar surface area (TPSA) is 26.3 Å². The van der Waals surface area contributed by atoms with E-state index in [1.54, 1.807) is 0 Å². The maximum atomic E-state index is 6.87. The van der Waals surface area contributed by atoms with Crippen LogP contribution in [0.5, 0.6) is 0 Å². The van der Waals surface area contributed by atoms with E-state index in [2.05, 4.69) is 158 Å². The molecule has 0 bridgehead atoms. The molecule has 0 radical (unpaired) electrons. The van der Waals surface area contributed by atoms with Crippen molar-refractivity contribution in [3.8, 4) is 44.5 Å². The highest BCUT2D eigenvalue weighted by Gasteiger charge is 2.22. The van der Waals surface area contributed by atoms with Gasteiger partial charge in [-0.25, -0.2) is 0 Å². The van der Waals surface area contributed by atoms with Crippen molar-refractivity contribution in [3.63, 3.8) is 0 Å². The van der Waals surface area contributed by atoms with Crippen molar-refractivity contribution in [2.24, 2.45) is 0 Å². The summed E-state index contributed by atoms with van der Waals surface area (Å²) in [4.78, 5) is 0. The van der Waals surface area contributed by atoms with Gasteiger partial charge in [-0.15, -0.1) is 0 Å². The molecule has 0 saturated heterocycles. The molecule has 2 heterocycles. The lowest BCUT2D eigenvalue weighted by Crippen LogP contribution is -1.91. The van der Waals surface area contributed by atoms with E-state index >= 15 is 0 Å². The minimum absolute atomic E-state index is 0.775. The Balaban J connectivity index is 1.22. The fraction of sp³-hybridized carbons (Fsp3) is 0. The highest BCUT2D eigenvalue weighted by molar-refractivity contribution is 6.25. The Labute approximate surface area is 277 Å². The lowest BCUT2D eigenvalue weighted by Gasteiger charge is -2.18. The molecule has 2 heteroatoms. The van der Waals surface area contributed by atoms with Crippen molar-refractivity contribution >= 4 is 54.5 Å². The Bertz CT molecular complexity index is 2750. The van der Waals surface area contributed by atoms with E-state index < -0.39 is 0 Å². The molecule has 0 aliphatic carbocycles. The van der Waals surface area contributed by atoms with Crippen molar-refractivity contribution in [2.45, 2.75) is 0 Å². The fourth-order valence-corrected chi connectivity index (χ4v) is 7.58. The molecule has 0 N–H and O–H groups in total. The molecule has 8 aromatic carbocycles. The summed E-state index contributed by atoms with van der Waals surface area (Å²) in [5.74, 6) is 0. The summed E-state index contributed by atoms with van der Waals surface area (Å²) in [6, 6.07) is 58.3. The summed E-state index contributed by atoms with van der Waals surface area (Å²) in [6.07, 6.45) is 1.85. The smallest absolute Gasteiger partial charge is 0.178 e. The minimum Gasteiger partial charge on any atom is -0.460 e. The number of hydrogen-bond donors (Lipinski definition) is 0. The van der Waals surface area contributed by atoms with E-state index in [0.717, 1.165) is 49.6 Å². The molecule has 224 valence electrons. The molecule has 0 fully saturated rings. The molecule has 48 heavy (non-hydrogen) atoms. The summed E-state index contributed by atoms with van der Waals surface area (Å²) in [5.41, 5.74) is 11.7. The largest absolute Gasteiger partial charge is 0.460 e. The van der Waals surface area contributed by atoms with E-state index in [4.69, 9.17) is 8.83 Å². The first kappa shape index (κ1) is 26.8. The Morgan fingerprint density at radius 3 is 1.44 bits per heavy atom. The molecule has 0 aliphatic heterocycles. The van der Waals surface area contributed by atoms with Crippen LogP contribution < -0.4 is 0 Å². The number of furan rings is 2. The molecule has 2 aromatic heterocycles. The lowest BCUT2D eigenvalue weighted by atomic mass is 9.85. The quantitative estimate of drug-likeness (QED) is 0.185. The van der Waals surface area contributed by atoms with Gasteiger partial charge in [-0.3, -0.25) is 0 Å². The van der Waals surface area contributed by atoms with Crippen LogP contribution in [0.4, 0.5) is 0 Å². The second-order valence-corrected chi connectivity index (χ2v) is 12.4. The van der Waals surface area contributed by atoms with E-state index in [-0.39, 0.29) is 0 Å². The third-order valence-corrected chi connectivity index (χ3v) is 9.77. The van der Waals surface area contributed by atoms with Gasteiger partial charge in [-0.1, -0.05) is 152 Å². The number of para-hydroxylation sites is 1. The van der Waals surface area contributed by atoms with Crippen LogP contribution in [0, 0.1) is 0 Å². The van der Waals surface area contributed by atoms with Crippen LogP contribution in [0.25, 0.3) is 99.0 Å². The van der Waals surface area contributed by atoms with Gasteiger partial charge >= 0.3 is 0 Å². The highest BCUT2D eigenvalue weighted by Crippen LogP contribution is 2.47. The summed E-state index contributed by atoms with van der Waals surface area (Å²) in [5, 5.41) is 8.00. The molecule has 10 rings (SSSR count). The summed E-state index contributed by atoms with van der Waals surface area (Å²) in [7, 11) is 0.